The summed E-state index contributed by atoms with van der Waals surface area (Å²) in [6.07, 6.45) is 2.11. The van der Waals surface area contributed by atoms with Crippen molar-refractivity contribution in [1.82, 2.24) is 10.2 Å². The Balaban J connectivity index is 1.88. The highest BCUT2D eigenvalue weighted by Gasteiger charge is 2.18. The van der Waals surface area contributed by atoms with Gasteiger partial charge in [0.15, 0.2) is 0 Å². The van der Waals surface area contributed by atoms with Crippen LogP contribution in [0, 0.1) is 0 Å². The van der Waals surface area contributed by atoms with Crippen molar-refractivity contribution < 1.29 is 9.59 Å². The van der Waals surface area contributed by atoms with Crippen molar-refractivity contribution >= 4 is 11.8 Å². The van der Waals surface area contributed by atoms with Gasteiger partial charge in [-0.1, -0.05) is 12.1 Å². The Labute approximate surface area is 112 Å². The molecule has 0 aromatic heterocycles. The summed E-state index contributed by atoms with van der Waals surface area (Å²) in [5.74, 6) is -0.247. The second kappa shape index (κ2) is 6.33. The molecule has 5 nitrogen and oxygen atoms in total. The lowest BCUT2D eigenvalue weighted by molar-refractivity contribution is -0.129. The minimum atomic E-state index is -0.233. The van der Waals surface area contributed by atoms with Gasteiger partial charge in [-0.2, -0.15) is 0 Å². The van der Waals surface area contributed by atoms with Crippen LogP contribution >= 0.6 is 0 Å². The summed E-state index contributed by atoms with van der Waals surface area (Å²) in [4.78, 5) is 25.5. The zero-order valence-corrected chi connectivity index (χ0v) is 10.9. The quantitative estimate of drug-likeness (QED) is 0.828. The van der Waals surface area contributed by atoms with Gasteiger partial charge in [-0.05, 0) is 30.5 Å². The lowest BCUT2D eigenvalue weighted by atomic mass is 10.1. The molecule has 1 aliphatic heterocycles. The number of likely N-dealkylation sites (tertiary alicyclic amines) is 1. The van der Waals surface area contributed by atoms with Crippen LogP contribution in [0.4, 0.5) is 0 Å². The third-order valence-electron chi connectivity index (χ3n) is 3.28. The van der Waals surface area contributed by atoms with Gasteiger partial charge >= 0.3 is 0 Å². The molecule has 1 aromatic rings. The highest BCUT2D eigenvalue weighted by Crippen LogP contribution is 2.07. The maximum absolute atomic E-state index is 11.9. The third-order valence-corrected chi connectivity index (χ3v) is 3.28. The molecule has 0 atom stereocenters. The molecule has 0 radical (unpaired) electrons. The van der Waals surface area contributed by atoms with Crippen LogP contribution in [0.15, 0.2) is 24.3 Å². The lowest BCUT2D eigenvalue weighted by Gasteiger charge is -2.15. The van der Waals surface area contributed by atoms with E-state index in [4.69, 9.17) is 5.73 Å². The van der Waals surface area contributed by atoms with Crippen molar-refractivity contribution in [3.05, 3.63) is 35.4 Å². The summed E-state index contributed by atoms with van der Waals surface area (Å²) >= 11 is 0. The Kier molecular flexibility index (Phi) is 4.52. The van der Waals surface area contributed by atoms with Gasteiger partial charge in [0.05, 0.1) is 6.54 Å². The van der Waals surface area contributed by atoms with Gasteiger partial charge in [0.2, 0.25) is 5.91 Å². The van der Waals surface area contributed by atoms with Crippen molar-refractivity contribution in [2.75, 3.05) is 19.6 Å². The number of carbonyl (C=O) groups excluding carboxylic acids is 2. The Hall–Kier alpha value is -1.88. The van der Waals surface area contributed by atoms with Crippen LogP contribution in [0.3, 0.4) is 0 Å². The Morgan fingerprint density at radius 3 is 2.68 bits per heavy atom. The molecule has 2 rings (SSSR count). The fourth-order valence-corrected chi connectivity index (χ4v) is 2.18. The summed E-state index contributed by atoms with van der Waals surface area (Å²) in [5, 5.41) is 2.66. The van der Waals surface area contributed by atoms with Gasteiger partial charge < -0.3 is 16.0 Å². The van der Waals surface area contributed by atoms with E-state index < -0.39 is 0 Å². The molecule has 19 heavy (non-hydrogen) atoms. The predicted molar refractivity (Wildman–Crippen MR) is 72.5 cm³/mol. The van der Waals surface area contributed by atoms with Gasteiger partial charge in [0.25, 0.3) is 5.91 Å². The van der Waals surface area contributed by atoms with E-state index in [2.05, 4.69) is 5.32 Å². The van der Waals surface area contributed by atoms with Gasteiger partial charge in [-0.25, -0.2) is 0 Å². The maximum atomic E-state index is 11.9. The number of benzene rings is 1. The largest absolute Gasteiger partial charge is 0.343 e. The molecule has 1 heterocycles. The highest BCUT2D eigenvalue weighted by molar-refractivity contribution is 5.96. The summed E-state index contributed by atoms with van der Waals surface area (Å²) < 4.78 is 0. The summed E-state index contributed by atoms with van der Waals surface area (Å²) in [5.41, 5.74) is 6.97. The third kappa shape index (κ3) is 3.54. The molecular formula is C14H19N3O2. The highest BCUT2D eigenvalue weighted by atomic mass is 16.2. The van der Waals surface area contributed by atoms with E-state index in [-0.39, 0.29) is 18.4 Å². The van der Waals surface area contributed by atoms with Crippen molar-refractivity contribution in [3.63, 3.8) is 0 Å². The van der Waals surface area contributed by atoms with Gasteiger partial charge in [0, 0.05) is 25.2 Å². The monoisotopic (exact) mass is 261 g/mol. The number of nitrogens with zero attached hydrogens (tertiary/aromatic N) is 1. The first kappa shape index (κ1) is 13.5. The van der Waals surface area contributed by atoms with Crippen molar-refractivity contribution in [1.29, 1.82) is 0 Å². The molecule has 1 saturated heterocycles. The van der Waals surface area contributed by atoms with Crippen LogP contribution in [0.2, 0.25) is 0 Å². The number of nitrogens with two attached hydrogens (primary N) is 1. The molecule has 0 aliphatic carbocycles. The standard InChI is InChI=1S/C14H19N3O2/c15-9-11-4-3-5-12(8-11)14(19)16-10-13(18)17-6-1-2-7-17/h3-5,8H,1-2,6-7,9-10,15H2,(H,16,19). The molecule has 1 fully saturated rings. The zero-order chi connectivity index (χ0) is 13.7. The van der Waals surface area contributed by atoms with Gasteiger partial charge in [0.1, 0.15) is 0 Å². The average Bonchev–Trinajstić information content (AvgIpc) is 2.98. The number of amides is 2. The first-order valence-electron chi connectivity index (χ1n) is 6.55. The molecule has 5 heteroatoms. The second-order valence-electron chi connectivity index (χ2n) is 4.68. The summed E-state index contributed by atoms with van der Waals surface area (Å²) in [7, 11) is 0. The SMILES string of the molecule is NCc1cccc(C(=O)NCC(=O)N2CCCC2)c1. The minimum absolute atomic E-state index is 0.0131. The molecule has 3 N–H and O–H groups in total. The van der Waals surface area contributed by atoms with Gasteiger partial charge in [-0.3, -0.25) is 9.59 Å². The van der Waals surface area contributed by atoms with E-state index >= 15 is 0 Å². The number of nitrogens with one attached hydrogen (secondary N) is 1. The van der Waals surface area contributed by atoms with E-state index in [9.17, 15) is 9.59 Å². The molecule has 0 unspecified atom stereocenters. The van der Waals surface area contributed by atoms with Gasteiger partial charge in [-0.15, -0.1) is 0 Å². The van der Waals surface area contributed by atoms with Crippen LogP contribution < -0.4 is 11.1 Å². The number of hydrogen-bond acceptors (Lipinski definition) is 3. The molecule has 0 bridgehead atoms. The van der Waals surface area contributed by atoms with Crippen LogP contribution in [0.1, 0.15) is 28.8 Å². The van der Waals surface area contributed by atoms with Crippen LogP contribution in [0.25, 0.3) is 0 Å². The first-order chi connectivity index (χ1) is 9.20. The van der Waals surface area contributed by atoms with E-state index in [1.54, 1.807) is 23.1 Å². The second-order valence-corrected chi connectivity index (χ2v) is 4.68. The first-order valence-corrected chi connectivity index (χ1v) is 6.55. The van der Waals surface area contributed by atoms with E-state index in [1.807, 2.05) is 6.07 Å². The van der Waals surface area contributed by atoms with E-state index in [0.29, 0.717) is 12.1 Å². The van der Waals surface area contributed by atoms with Crippen molar-refractivity contribution in [2.45, 2.75) is 19.4 Å². The Morgan fingerprint density at radius 1 is 1.26 bits per heavy atom. The average molecular weight is 261 g/mol. The smallest absolute Gasteiger partial charge is 0.251 e. The fourth-order valence-electron chi connectivity index (χ4n) is 2.18. The predicted octanol–water partition coefficient (Wildman–Crippen LogP) is 0.497. The van der Waals surface area contributed by atoms with E-state index in [1.165, 1.54) is 0 Å². The fraction of sp³-hybridized carbons (Fsp3) is 0.429. The van der Waals surface area contributed by atoms with Crippen LogP contribution in [-0.2, 0) is 11.3 Å². The molecule has 2 amide bonds. The summed E-state index contributed by atoms with van der Waals surface area (Å²) in [6, 6.07) is 7.12. The van der Waals surface area contributed by atoms with Crippen LogP contribution in [0.5, 0.6) is 0 Å². The normalized spacial score (nSPS) is 14.5. The Bertz CT molecular complexity index is 468. The number of hydrogen-bond donors (Lipinski definition) is 2. The number of carbonyl (C=O) groups is 2. The lowest BCUT2D eigenvalue weighted by Crippen LogP contribution is -2.38. The van der Waals surface area contributed by atoms with Crippen molar-refractivity contribution in [2.24, 2.45) is 5.73 Å². The zero-order valence-electron chi connectivity index (χ0n) is 10.9. The molecule has 1 aromatic carbocycles. The summed E-state index contributed by atoms with van der Waals surface area (Å²) in [6.45, 7) is 2.06. The van der Waals surface area contributed by atoms with Crippen LogP contribution in [-0.4, -0.2) is 36.3 Å². The topological polar surface area (TPSA) is 75.4 Å². The molecular weight excluding hydrogens is 242 g/mol. The molecule has 102 valence electrons. The molecule has 0 spiro atoms. The molecule has 1 aliphatic rings. The maximum Gasteiger partial charge on any atom is 0.251 e. The number of rotatable bonds is 4. The minimum Gasteiger partial charge on any atom is -0.343 e. The van der Waals surface area contributed by atoms with E-state index in [0.717, 1.165) is 31.5 Å². The van der Waals surface area contributed by atoms with Crippen molar-refractivity contribution in [3.8, 4) is 0 Å². The molecule has 0 saturated carbocycles. The Morgan fingerprint density at radius 2 is 2.00 bits per heavy atom.